The van der Waals surface area contributed by atoms with Crippen molar-refractivity contribution in [2.24, 2.45) is 0 Å². The highest BCUT2D eigenvalue weighted by molar-refractivity contribution is 5.94. The van der Waals surface area contributed by atoms with Crippen LogP contribution in [0.3, 0.4) is 0 Å². The van der Waals surface area contributed by atoms with Crippen LogP contribution in [0.5, 0.6) is 0 Å². The highest BCUT2D eigenvalue weighted by atomic mass is 16.5. The predicted octanol–water partition coefficient (Wildman–Crippen LogP) is -0.601. The van der Waals surface area contributed by atoms with Crippen molar-refractivity contribution in [2.75, 3.05) is 20.3 Å². The summed E-state index contributed by atoms with van der Waals surface area (Å²) in [5.41, 5.74) is 0.392. The molecule has 8 heteroatoms. The number of amides is 1. The first-order valence-corrected chi connectivity index (χ1v) is 5.96. The average Bonchev–Trinajstić information content (AvgIpc) is 3.01. The molecule has 2 aromatic rings. The molecule has 0 spiro atoms. The summed E-state index contributed by atoms with van der Waals surface area (Å²) in [5.74, 6) is 0.244. The number of hydrogen-bond acceptors (Lipinski definition) is 6. The second-order valence-corrected chi connectivity index (χ2v) is 4.05. The molecule has 0 saturated carbocycles. The van der Waals surface area contributed by atoms with Gasteiger partial charge in [0.1, 0.15) is 12.7 Å². The molecule has 20 heavy (non-hydrogen) atoms. The Kier molecular flexibility index (Phi) is 4.75. The number of carbonyl (C=O) groups excluding carboxylic acids is 1. The Balaban J connectivity index is 2.04. The minimum Gasteiger partial charge on any atom is -0.394 e. The van der Waals surface area contributed by atoms with E-state index in [0.29, 0.717) is 11.4 Å². The van der Waals surface area contributed by atoms with Gasteiger partial charge in [0.05, 0.1) is 24.8 Å². The maximum Gasteiger partial charge on any atom is 0.253 e. The zero-order valence-corrected chi connectivity index (χ0v) is 10.9. The van der Waals surface area contributed by atoms with E-state index < -0.39 is 6.04 Å². The molecule has 2 rings (SSSR count). The van der Waals surface area contributed by atoms with Crippen LogP contribution in [-0.2, 0) is 4.74 Å². The SMILES string of the molecule is COCC(CO)NC(=O)c1ccc(-n2cncn2)nc1. The van der Waals surface area contributed by atoms with Gasteiger partial charge in [0.25, 0.3) is 5.91 Å². The predicted molar refractivity (Wildman–Crippen MR) is 69.4 cm³/mol. The molecule has 8 nitrogen and oxygen atoms in total. The third-order valence-electron chi connectivity index (χ3n) is 2.59. The van der Waals surface area contributed by atoms with Crippen LogP contribution >= 0.6 is 0 Å². The second kappa shape index (κ2) is 6.73. The Hall–Kier alpha value is -2.32. The molecule has 0 aliphatic carbocycles. The number of hydrogen-bond donors (Lipinski definition) is 2. The van der Waals surface area contributed by atoms with Crippen LogP contribution in [0.2, 0.25) is 0 Å². The number of aliphatic hydroxyl groups is 1. The van der Waals surface area contributed by atoms with Crippen LogP contribution in [0, 0.1) is 0 Å². The first kappa shape index (κ1) is 14.1. The smallest absolute Gasteiger partial charge is 0.253 e. The Morgan fingerprint density at radius 3 is 2.95 bits per heavy atom. The molecule has 106 valence electrons. The quantitative estimate of drug-likeness (QED) is 0.731. The van der Waals surface area contributed by atoms with Gasteiger partial charge in [-0.25, -0.2) is 14.6 Å². The average molecular weight is 277 g/mol. The van der Waals surface area contributed by atoms with E-state index in [1.165, 1.54) is 30.6 Å². The molecule has 2 aromatic heterocycles. The van der Waals surface area contributed by atoms with Crippen molar-refractivity contribution in [1.29, 1.82) is 0 Å². The summed E-state index contributed by atoms with van der Waals surface area (Å²) in [6, 6.07) is 2.84. The van der Waals surface area contributed by atoms with E-state index in [1.54, 1.807) is 12.1 Å². The van der Waals surface area contributed by atoms with E-state index in [4.69, 9.17) is 9.84 Å². The Morgan fingerprint density at radius 1 is 1.55 bits per heavy atom. The van der Waals surface area contributed by atoms with Gasteiger partial charge < -0.3 is 15.2 Å². The van der Waals surface area contributed by atoms with E-state index in [2.05, 4.69) is 20.4 Å². The Bertz CT molecular complexity index is 541. The number of carbonyl (C=O) groups is 1. The maximum atomic E-state index is 11.9. The topological polar surface area (TPSA) is 102 Å². The van der Waals surface area contributed by atoms with Crippen LogP contribution in [-0.4, -0.2) is 57.1 Å². The van der Waals surface area contributed by atoms with E-state index in [1.807, 2.05) is 0 Å². The lowest BCUT2D eigenvalue weighted by Gasteiger charge is -2.15. The molecule has 0 saturated heterocycles. The molecule has 0 aliphatic rings. The van der Waals surface area contributed by atoms with E-state index >= 15 is 0 Å². The Morgan fingerprint density at radius 2 is 2.40 bits per heavy atom. The van der Waals surface area contributed by atoms with Gasteiger partial charge in [-0.1, -0.05) is 0 Å². The first-order chi connectivity index (χ1) is 9.74. The van der Waals surface area contributed by atoms with Crippen molar-refractivity contribution in [3.8, 4) is 5.82 Å². The lowest BCUT2D eigenvalue weighted by molar-refractivity contribution is 0.0839. The monoisotopic (exact) mass is 277 g/mol. The minimum atomic E-state index is -0.442. The van der Waals surface area contributed by atoms with Gasteiger partial charge in [-0.2, -0.15) is 5.10 Å². The molecular formula is C12H15N5O3. The molecule has 0 fully saturated rings. The molecule has 1 atom stereocenters. The largest absolute Gasteiger partial charge is 0.394 e. The molecule has 0 aliphatic heterocycles. The zero-order valence-electron chi connectivity index (χ0n) is 10.9. The second-order valence-electron chi connectivity index (χ2n) is 4.05. The number of nitrogens with one attached hydrogen (secondary N) is 1. The molecular weight excluding hydrogens is 262 g/mol. The van der Waals surface area contributed by atoms with Gasteiger partial charge in [-0.3, -0.25) is 4.79 Å². The number of aliphatic hydroxyl groups excluding tert-OH is 1. The van der Waals surface area contributed by atoms with E-state index in [0.717, 1.165) is 0 Å². The number of aromatic nitrogens is 4. The van der Waals surface area contributed by atoms with Crippen molar-refractivity contribution < 1.29 is 14.6 Å². The summed E-state index contributed by atoms with van der Waals surface area (Å²) in [6.45, 7) is 0.0523. The van der Waals surface area contributed by atoms with Crippen LogP contribution < -0.4 is 5.32 Å². The molecule has 1 unspecified atom stereocenters. The number of nitrogens with zero attached hydrogens (tertiary/aromatic N) is 4. The fraction of sp³-hybridized carbons (Fsp3) is 0.333. The highest BCUT2D eigenvalue weighted by Crippen LogP contribution is 2.04. The fourth-order valence-corrected chi connectivity index (χ4v) is 1.59. The molecule has 0 aromatic carbocycles. The summed E-state index contributed by atoms with van der Waals surface area (Å²) < 4.78 is 6.38. The number of pyridine rings is 1. The van der Waals surface area contributed by atoms with Gasteiger partial charge in [-0.15, -0.1) is 0 Å². The first-order valence-electron chi connectivity index (χ1n) is 5.96. The van der Waals surface area contributed by atoms with E-state index in [-0.39, 0.29) is 19.1 Å². The summed E-state index contributed by atoms with van der Waals surface area (Å²) in [5, 5.41) is 15.7. The third kappa shape index (κ3) is 3.37. The molecule has 2 N–H and O–H groups in total. The summed E-state index contributed by atoms with van der Waals surface area (Å²) in [6.07, 6.45) is 4.36. The van der Waals surface area contributed by atoms with Crippen molar-refractivity contribution in [3.63, 3.8) is 0 Å². The number of methoxy groups -OCH3 is 1. The van der Waals surface area contributed by atoms with Crippen molar-refractivity contribution in [1.82, 2.24) is 25.1 Å². The summed E-state index contributed by atoms with van der Waals surface area (Å²) >= 11 is 0. The van der Waals surface area contributed by atoms with Gasteiger partial charge in [-0.05, 0) is 12.1 Å². The van der Waals surface area contributed by atoms with Crippen molar-refractivity contribution >= 4 is 5.91 Å². The third-order valence-corrected chi connectivity index (χ3v) is 2.59. The van der Waals surface area contributed by atoms with Gasteiger partial charge >= 0.3 is 0 Å². The number of ether oxygens (including phenoxy) is 1. The molecule has 1 amide bonds. The normalized spacial score (nSPS) is 12.1. The van der Waals surface area contributed by atoms with Gasteiger partial charge in [0, 0.05) is 13.3 Å². The molecule has 2 heterocycles. The van der Waals surface area contributed by atoms with E-state index in [9.17, 15) is 4.79 Å². The molecule has 0 bridgehead atoms. The summed E-state index contributed by atoms with van der Waals surface area (Å²) in [7, 11) is 1.50. The fourth-order valence-electron chi connectivity index (χ4n) is 1.59. The molecule has 0 radical (unpaired) electrons. The zero-order chi connectivity index (χ0) is 14.4. The van der Waals surface area contributed by atoms with Crippen LogP contribution in [0.1, 0.15) is 10.4 Å². The van der Waals surface area contributed by atoms with Crippen LogP contribution in [0.25, 0.3) is 5.82 Å². The van der Waals surface area contributed by atoms with Gasteiger partial charge in [0.2, 0.25) is 0 Å². The minimum absolute atomic E-state index is 0.190. The Labute approximate surface area is 115 Å². The lowest BCUT2D eigenvalue weighted by atomic mass is 10.2. The lowest BCUT2D eigenvalue weighted by Crippen LogP contribution is -2.40. The number of rotatable bonds is 6. The van der Waals surface area contributed by atoms with Gasteiger partial charge in [0.15, 0.2) is 5.82 Å². The standard InChI is InChI=1S/C12H15N5O3/c1-20-6-10(5-18)16-12(19)9-2-3-11(14-4-9)17-8-13-7-15-17/h2-4,7-8,10,18H,5-6H2,1H3,(H,16,19). The van der Waals surface area contributed by atoms with Crippen molar-refractivity contribution in [3.05, 3.63) is 36.5 Å². The summed E-state index contributed by atoms with van der Waals surface area (Å²) in [4.78, 5) is 19.9. The maximum absolute atomic E-state index is 11.9. The van der Waals surface area contributed by atoms with Crippen molar-refractivity contribution in [2.45, 2.75) is 6.04 Å². The van der Waals surface area contributed by atoms with Crippen LogP contribution in [0.4, 0.5) is 0 Å². The van der Waals surface area contributed by atoms with Crippen LogP contribution in [0.15, 0.2) is 31.0 Å². The highest BCUT2D eigenvalue weighted by Gasteiger charge is 2.13.